The van der Waals surface area contributed by atoms with Gasteiger partial charge in [0.05, 0.1) is 12.7 Å². The molecule has 0 aliphatic rings. The van der Waals surface area contributed by atoms with Gasteiger partial charge < -0.3 is 10.2 Å². The molecule has 15 heavy (non-hydrogen) atoms. The number of hydrogen-bond donors (Lipinski definition) is 2. The lowest BCUT2D eigenvalue weighted by atomic mass is 9.76. The maximum absolute atomic E-state index is 10.2. The van der Waals surface area contributed by atoms with E-state index in [1.807, 2.05) is 44.2 Å². The second kappa shape index (κ2) is 4.60. The van der Waals surface area contributed by atoms with E-state index in [-0.39, 0.29) is 6.61 Å². The summed E-state index contributed by atoms with van der Waals surface area (Å²) in [7, 11) is 0. The molecule has 1 rings (SSSR count). The zero-order chi connectivity index (χ0) is 11.5. The Balaban J connectivity index is 3.02. The Morgan fingerprint density at radius 1 is 1.40 bits per heavy atom. The lowest BCUT2D eigenvalue weighted by molar-refractivity contribution is 0.0192. The molecule has 0 radical (unpaired) electrons. The van der Waals surface area contributed by atoms with Crippen LogP contribution in [0.5, 0.6) is 0 Å². The molecule has 2 nitrogen and oxygen atoms in total. The van der Waals surface area contributed by atoms with Gasteiger partial charge in [-0.3, -0.25) is 0 Å². The van der Waals surface area contributed by atoms with Crippen LogP contribution in [0.25, 0.3) is 0 Å². The predicted molar refractivity (Wildman–Crippen MR) is 61.4 cm³/mol. The third kappa shape index (κ3) is 2.28. The summed E-state index contributed by atoms with van der Waals surface area (Å²) in [6.45, 7) is 7.35. The first-order valence-electron chi connectivity index (χ1n) is 5.02. The second-order valence-corrected chi connectivity index (χ2v) is 4.17. The maximum atomic E-state index is 10.2. The minimum absolute atomic E-state index is 0.113. The lowest BCUT2D eigenvalue weighted by Crippen LogP contribution is -2.30. The van der Waals surface area contributed by atoms with Crippen LogP contribution >= 0.6 is 0 Å². The van der Waals surface area contributed by atoms with Crippen LogP contribution in [0, 0.1) is 5.41 Å². The molecule has 0 unspecified atom stereocenters. The van der Waals surface area contributed by atoms with Crippen LogP contribution in [0.1, 0.15) is 25.5 Å². The van der Waals surface area contributed by atoms with Crippen molar-refractivity contribution in [2.75, 3.05) is 6.61 Å². The normalized spacial score (nSPS) is 16.8. The largest absolute Gasteiger partial charge is 0.395 e. The van der Waals surface area contributed by atoms with Crippen molar-refractivity contribution in [3.63, 3.8) is 0 Å². The SMILES string of the molecule is C=C(C)[C@@](C)(CO)[C@H](O)c1ccccc1. The maximum Gasteiger partial charge on any atom is 0.0902 e. The zero-order valence-corrected chi connectivity index (χ0v) is 9.27. The van der Waals surface area contributed by atoms with Crippen molar-refractivity contribution in [2.24, 2.45) is 5.41 Å². The molecule has 0 aliphatic heterocycles. The van der Waals surface area contributed by atoms with E-state index in [2.05, 4.69) is 6.58 Å². The second-order valence-electron chi connectivity index (χ2n) is 4.17. The van der Waals surface area contributed by atoms with Gasteiger partial charge in [-0.2, -0.15) is 0 Å². The highest BCUT2D eigenvalue weighted by Crippen LogP contribution is 2.38. The monoisotopic (exact) mass is 206 g/mol. The molecule has 1 aromatic rings. The predicted octanol–water partition coefficient (Wildman–Crippen LogP) is 2.29. The van der Waals surface area contributed by atoms with Crippen LogP contribution in [-0.4, -0.2) is 16.8 Å². The van der Waals surface area contributed by atoms with E-state index in [0.717, 1.165) is 11.1 Å². The van der Waals surface area contributed by atoms with Gasteiger partial charge in [-0.15, -0.1) is 0 Å². The zero-order valence-electron chi connectivity index (χ0n) is 9.27. The van der Waals surface area contributed by atoms with E-state index < -0.39 is 11.5 Å². The van der Waals surface area contributed by atoms with Gasteiger partial charge in [0.15, 0.2) is 0 Å². The number of rotatable bonds is 4. The Morgan fingerprint density at radius 3 is 2.33 bits per heavy atom. The van der Waals surface area contributed by atoms with E-state index in [1.165, 1.54) is 0 Å². The summed E-state index contributed by atoms with van der Waals surface area (Å²) in [5.74, 6) is 0. The molecule has 0 spiro atoms. The fourth-order valence-electron chi connectivity index (χ4n) is 1.46. The van der Waals surface area contributed by atoms with E-state index in [1.54, 1.807) is 0 Å². The molecule has 2 atom stereocenters. The third-order valence-corrected chi connectivity index (χ3v) is 3.02. The molecule has 0 amide bonds. The summed E-state index contributed by atoms with van der Waals surface area (Å²) >= 11 is 0. The highest BCUT2D eigenvalue weighted by molar-refractivity contribution is 5.23. The number of aliphatic hydroxyl groups is 2. The number of aliphatic hydroxyl groups excluding tert-OH is 2. The molecule has 0 aromatic heterocycles. The number of benzene rings is 1. The van der Waals surface area contributed by atoms with Gasteiger partial charge in [-0.25, -0.2) is 0 Å². The summed E-state index contributed by atoms with van der Waals surface area (Å²) in [5.41, 5.74) is 0.903. The molecular weight excluding hydrogens is 188 g/mol. The minimum atomic E-state index is -0.721. The molecule has 0 saturated carbocycles. The summed E-state index contributed by atoms with van der Waals surface area (Å²) in [4.78, 5) is 0. The first-order valence-corrected chi connectivity index (χ1v) is 5.02. The van der Waals surface area contributed by atoms with Crippen molar-refractivity contribution < 1.29 is 10.2 Å². The average Bonchev–Trinajstić information content (AvgIpc) is 2.28. The quantitative estimate of drug-likeness (QED) is 0.742. The molecular formula is C13H18O2. The molecule has 1 aromatic carbocycles. The minimum Gasteiger partial charge on any atom is -0.395 e. The Kier molecular flexibility index (Phi) is 3.66. The van der Waals surface area contributed by atoms with Crippen molar-refractivity contribution in [2.45, 2.75) is 20.0 Å². The molecule has 0 bridgehead atoms. The van der Waals surface area contributed by atoms with Crippen molar-refractivity contribution in [3.8, 4) is 0 Å². The Hall–Kier alpha value is -1.12. The smallest absolute Gasteiger partial charge is 0.0902 e. The standard InChI is InChI=1S/C13H18O2/c1-10(2)13(3,9-14)12(15)11-7-5-4-6-8-11/h4-8,12,14-15H,1,9H2,2-3H3/t12-,13-/m1/s1. The van der Waals surface area contributed by atoms with Gasteiger partial charge in [-0.05, 0) is 12.5 Å². The Morgan fingerprint density at radius 2 is 1.93 bits per heavy atom. The van der Waals surface area contributed by atoms with Crippen molar-refractivity contribution in [1.29, 1.82) is 0 Å². The van der Waals surface area contributed by atoms with Gasteiger partial charge in [0, 0.05) is 5.41 Å². The van der Waals surface area contributed by atoms with Crippen LogP contribution in [0.3, 0.4) is 0 Å². The lowest BCUT2D eigenvalue weighted by Gasteiger charge is -2.33. The topological polar surface area (TPSA) is 40.5 Å². The molecule has 0 saturated heterocycles. The van der Waals surface area contributed by atoms with Gasteiger partial charge >= 0.3 is 0 Å². The molecule has 0 aliphatic carbocycles. The van der Waals surface area contributed by atoms with Crippen LogP contribution < -0.4 is 0 Å². The van der Waals surface area contributed by atoms with Crippen LogP contribution in [-0.2, 0) is 0 Å². The van der Waals surface area contributed by atoms with Crippen LogP contribution in [0.2, 0.25) is 0 Å². The summed E-state index contributed by atoms with van der Waals surface area (Å²) in [6.07, 6.45) is -0.721. The van der Waals surface area contributed by atoms with Crippen molar-refractivity contribution >= 4 is 0 Å². The number of hydrogen-bond acceptors (Lipinski definition) is 2. The van der Waals surface area contributed by atoms with Gasteiger partial charge in [-0.1, -0.05) is 49.4 Å². The van der Waals surface area contributed by atoms with Gasteiger partial charge in [0.1, 0.15) is 0 Å². The summed E-state index contributed by atoms with van der Waals surface area (Å²) < 4.78 is 0. The van der Waals surface area contributed by atoms with Crippen LogP contribution in [0.4, 0.5) is 0 Å². The summed E-state index contributed by atoms with van der Waals surface area (Å²) in [6, 6.07) is 9.33. The van der Waals surface area contributed by atoms with Crippen molar-refractivity contribution in [3.05, 3.63) is 48.0 Å². The van der Waals surface area contributed by atoms with E-state index in [0.29, 0.717) is 0 Å². The fourth-order valence-corrected chi connectivity index (χ4v) is 1.46. The average molecular weight is 206 g/mol. The first kappa shape index (κ1) is 12.0. The summed E-state index contributed by atoms with van der Waals surface area (Å²) in [5, 5.41) is 19.6. The first-order chi connectivity index (χ1) is 7.02. The van der Waals surface area contributed by atoms with Crippen LogP contribution in [0.15, 0.2) is 42.5 Å². The fraction of sp³-hybridized carbons (Fsp3) is 0.385. The van der Waals surface area contributed by atoms with E-state index in [4.69, 9.17) is 0 Å². The van der Waals surface area contributed by atoms with E-state index >= 15 is 0 Å². The highest BCUT2D eigenvalue weighted by Gasteiger charge is 2.34. The van der Waals surface area contributed by atoms with Gasteiger partial charge in [0.25, 0.3) is 0 Å². The van der Waals surface area contributed by atoms with Gasteiger partial charge in [0.2, 0.25) is 0 Å². The molecule has 82 valence electrons. The molecule has 0 fully saturated rings. The Labute approximate surface area is 90.9 Å². The Bertz CT molecular complexity index is 332. The molecule has 2 heteroatoms. The van der Waals surface area contributed by atoms with E-state index in [9.17, 15) is 10.2 Å². The third-order valence-electron chi connectivity index (χ3n) is 3.02. The van der Waals surface area contributed by atoms with Crippen molar-refractivity contribution in [1.82, 2.24) is 0 Å². The highest BCUT2D eigenvalue weighted by atomic mass is 16.3. The molecule has 2 N–H and O–H groups in total. The molecule has 0 heterocycles.